The monoisotopic (exact) mass is 351 g/mol. The number of carbonyl (C=O) groups is 1. The SMILES string of the molecule is COc1c(O)ccc2c1N=C(NC(=O)c1cccnc1C)N1CCN=C21. The highest BCUT2D eigenvalue weighted by Gasteiger charge is 2.33. The lowest BCUT2D eigenvalue weighted by Crippen LogP contribution is -2.47. The van der Waals surface area contributed by atoms with Crippen molar-refractivity contribution in [3.8, 4) is 11.5 Å². The third-order valence-electron chi connectivity index (χ3n) is 4.35. The predicted molar refractivity (Wildman–Crippen MR) is 96.3 cm³/mol. The molecule has 0 saturated carbocycles. The van der Waals surface area contributed by atoms with Crippen molar-refractivity contribution in [3.63, 3.8) is 0 Å². The van der Waals surface area contributed by atoms with Crippen LogP contribution in [0.1, 0.15) is 21.6 Å². The van der Waals surface area contributed by atoms with Crippen molar-refractivity contribution in [1.29, 1.82) is 0 Å². The number of carbonyl (C=O) groups excluding carboxylic acids is 1. The van der Waals surface area contributed by atoms with Crippen LogP contribution >= 0.6 is 0 Å². The van der Waals surface area contributed by atoms with Crippen LogP contribution in [0.4, 0.5) is 5.69 Å². The van der Waals surface area contributed by atoms with Gasteiger partial charge in [0.2, 0.25) is 5.96 Å². The summed E-state index contributed by atoms with van der Waals surface area (Å²) in [5, 5.41) is 12.9. The standard InChI is InChI=1S/C18H17N5O3/c1-10-11(4-3-7-19-10)17(25)22-18-21-14-12(16-20-8-9-23(16)18)5-6-13(24)15(14)26-2/h3-7,24H,8-9H2,1-2H3,(H,21,22,25). The molecule has 26 heavy (non-hydrogen) atoms. The second-order valence-corrected chi connectivity index (χ2v) is 5.90. The van der Waals surface area contributed by atoms with Crippen LogP contribution in [0.15, 0.2) is 40.4 Å². The molecule has 0 unspecified atom stereocenters. The Morgan fingerprint density at radius 3 is 2.96 bits per heavy atom. The van der Waals surface area contributed by atoms with E-state index < -0.39 is 0 Å². The van der Waals surface area contributed by atoms with Gasteiger partial charge in [0.1, 0.15) is 11.5 Å². The maximum atomic E-state index is 12.7. The van der Waals surface area contributed by atoms with Crippen LogP contribution in [-0.4, -0.2) is 52.9 Å². The molecule has 2 aromatic rings. The van der Waals surface area contributed by atoms with Crippen molar-refractivity contribution in [1.82, 2.24) is 15.2 Å². The molecule has 1 aromatic heterocycles. The Balaban J connectivity index is 1.77. The largest absolute Gasteiger partial charge is 0.504 e. The van der Waals surface area contributed by atoms with Gasteiger partial charge in [-0.15, -0.1) is 0 Å². The van der Waals surface area contributed by atoms with Gasteiger partial charge in [0, 0.05) is 24.0 Å². The smallest absolute Gasteiger partial charge is 0.259 e. The van der Waals surface area contributed by atoms with Gasteiger partial charge in [-0.25, -0.2) is 4.99 Å². The number of nitrogens with zero attached hydrogens (tertiary/aromatic N) is 4. The molecule has 0 fully saturated rings. The number of phenolic OH excluding ortho intramolecular Hbond substituents is 1. The number of amidine groups is 1. The fraction of sp³-hybridized carbons (Fsp3) is 0.222. The molecule has 2 aliphatic rings. The van der Waals surface area contributed by atoms with Gasteiger partial charge in [0.25, 0.3) is 5.91 Å². The van der Waals surface area contributed by atoms with E-state index in [4.69, 9.17) is 4.74 Å². The minimum atomic E-state index is -0.303. The lowest BCUT2D eigenvalue weighted by Gasteiger charge is -2.28. The highest BCUT2D eigenvalue weighted by molar-refractivity contribution is 6.20. The van der Waals surface area contributed by atoms with E-state index in [0.717, 1.165) is 5.56 Å². The van der Waals surface area contributed by atoms with Crippen LogP contribution in [-0.2, 0) is 0 Å². The molecule has 0 radical (unpaired) electrons. The number of aryl methyl sites for hydroxylation is 1. The van der Waals surface area contributed by atoms with Gasteiger partial charge in [-0.3, -0.25) is 25.0 Å². The molecule has 0 aliphatic carbocycles. The fourth-order valence-electron chi connectivity index (χ4n) is 3.09. The topological polar surface area (TPSA) is 99.4 Å². The zero-order valence-corrected chi connectivity index (χ0v) is 14.4. The van der Waals surface area contributed by atoms with Gasteiger partial charge in [0.15, 0.2) is 11.5 Å². The summed E-state index contributed by atoms with van der Waals surface area (Å²) in [7, 11) is 1.46. The first-order valence-electron chi connectivity index (χ1n) is 8.14. The van der Waals surface area contributed by atoms with Crippen LogP contribution in [0.2, 0.25) is 0 Å². The van der Waals surface area contributed by atoms with Crippen molar-refractivity contribution in [2.45, 2.75) is 6.92 Å². The molecular formula is C18H17N5O3. The molecule has 132 valence electrons. The summed E-state index contributed by atoms with van der Waals surface area (Å²) in [4.78, 5) is 27.7. The van der Waals surface area contributed by atoms with E-state index in [0.29, 0.717) is 41.8 Å². The van der Waals surface area contributed by atoms with Gasteiger partial charge in [-0.05, 0) is 31.2 Å². The number of amides is 1. The summed E-state index contributed by atoms with van der Waals surface area (Å²) >= 11 is 0. The van der Waals surface area contributed by atoms with Gasteiger partial charge < -0.3 is 9.84 Å². The number of methoxy groups -OCH3 is 1. The summed E-state index contributed by atoms with van der Waals surface area (Å²) in [6.07, 6.45) is 1.64. The number of pyridine rings is 1. The molecule has 8 heteroatoms. The van der Waals surface area contributed by atoms with E-state index in [1.807, 2.05) is 4.90 Å². The van der Waals surface area contributed by atoms with Crippen LogP contribution < -0.4 is 10.1 Å². The Hall–Kier alpha value is -3.42. The molecule has 4 rings (SSSR count). The van der Waals surface area contributed by atoms with Crippen molar-refractivity contribution in [2.75, 3.05) is 20.2 Å². The van der Waals surface area contributed by atoms with Crippen LogP contribution in [0.25, 0.3) is 0 Å². The molecule has 0 saturated heterocycles. The van der Waals surface area contributed by atoms with Gasteiger partial charge in [-0.1, -0.05) is 0 Å². The molecule has 1 amide bonds. The molecule has 0 bridgehead atoms. The fourth-order valence-corrected chi connectivity index (χ4v) is 3.09. The van der Waals surface area contributed by atoms with Gasteiger partial charge >= 0.3 is 0 Å². The zero-order chi connectivity index (χ0) is 18.3. The van der Waals surface area contributed by atoms with E-state index in [2.05, 4.69) is 20.3 Å². The first-order chi connectivity index (χ1) is 12.6. The number of ether oxygens (including phenoxy) is 1. The van der Waals surface area contributed by atoms with E-state index >= 15 is 0 Å². The van der Waals surface area contributed by atoms with E-state index in [-0.39, 0.29) is 17.4 Å². The van der Waals surface area contributed by atoms with E-state index in [9.17, 15) is 9.90 Å². The Kier molecular flexibility index (Phi) is 3.80. The number of phenols is 1. The molecule has 8 nitrogen and oxygen atoms in total. The average Bonchev–Trinajstić information content (AvgIpc) is 3.12. The predicted octanol–water partition coefficient (Wildman–Crippen LogP) is 1.60. The summed E-state index contributed by atoms with van der Waals surface area (Å²) < 4.78 is 5.30. The summed E-state index contributed by atoms with van der Waals surface area (Å²) in [5.41, 5.74) is 2.31. The Morgan fingerprint density at radius 1 is 1.35 bits per heavy atom. The Morgan fingerprint density at radius 2 is 2.19 bits per heavy atom. The summed E-state index contributed by atoms with van der Waals surface area (Å²) in [6.45, 7) is 2.98. The highest BCUT2D eigenvalue weighted by atomic mass is 16.5. The zero-order valence-electron chi connectivity index (χ0n) is 14.4. The molecule has 3 heterocycles. The summed E-state index contributed by atoms with van der Waals surface area (Å²) in [6, 6.07) is 6.72. The normalized spacial score (nSPS) is 14.9. The minimum Gasteiger partial charge on any atom is -0.504 e. The third-order valence-corrected chi connectivity index (χ3v) is 4.35. The second-order valence-electron chi connectivity index (χ2n) is 5.90. The van der Waals surface area contributed by atoms with E-state index in [1.165, 1.54) is 7.11 Å². The number of hydrogen-bond acceptors (Lipinski definition) is 7. The Bertz CT molecular complexity index is 967. The number of rotatable bonds is 2. The first kappa shape index (κ1) is 16.1. The molecule has 1 aromatic carbocycles. The van der Waals surface area contributed by atoms with Crippen molar-refractivity contribution in [3.05, 3.63) is 47.3 Å². The highest BCUT2D eigenvalue weighted by Crippen LogP contribution is 2.42. The maximum Gasteiger partial charge on any atom is 0.259 e. The quantitative estimate of drug-likeness (QED) is 0.856. The minimum absolute atomic E-state index is 0.0178. The number of benzene rings is 1. The van der Waals surface area contributed by atoms with Crippen molar-refractivity contribution >= 4 is 23.4 Å². The molecular weight excluding hydrogens is 334 g/mol. The lowest BCUT2D eigenvalue weighted by molar-refractivity contribution is 0.0973. The van der Waals surface area contributed by atoms with Crippen molar-refractivity contribution in [2.24, 2.45) is 9.98 Å². The average molecular weight is 351 g/mol. The Labute approximate surface area is 149 Å². The number of aromatic hydroxyl groups is 1. The number of fused-ring (bicyclic) bond motifs is 3. The van der Waals surface area contributed by atoms with Crippen LogP contribution in [0, 0.1) is 6.92 Å². The number of hydrogen-bond donors (Lipinski definition) is 2. The second kappa shape index (κ2) is 6.14. The molecule has 0 atom stereocenters. The molecule has 2 aliphatic heterocycles. The molecule has 0 spiro atoms. The van der Waals surface area contributed by atoms with Gasteiger partial charge in [0.05, 0.1) is 19.2 Å². The van der Waals surface area contributed by atoms with Crippen molar-refractivity contribution < 1.29 is 14.6 Å². The van der Waals surface area contributed by atoms with Crippen LogP contribution in [0.5, 0.6) is 11.5 Å². The number of aromatic nitrogens is 1. The van der Waals surface area contributed by atoms with E-state index in [1.54, 1.807) is 37.4 Å². The molecule has 2 N–H and O–H groups in total. The first-order valence-corrected chi connectivity index (χ1v) is 8.14. The third kappa shape index (κ3) is 2.46. The summed E-state index contributed by atoms with van der Waals surface area (Å²) in [5.74, 6) is 0.984. The van der Waals surface area contributed by atoms with Gasteiger partial charge in [-0.2, -0.15) is 0 Å². The maximum absolute atomic E-state index is 12.7. The lowest BCUT2D eigenvalue weighted by atomic mass is 10.1. The number of nitrogens with one attached hydrogen (secondary N) is 1. The number of guanidine groups is 1. The van der Waals surface area contributed by atoms with Crippen LogP contribution in [0.3, 0.4) is 0 Å². The number of aliphatic imine (C=N–C) groups is 2.